The molecule has 0 bridgehead atoms. The molecule has 0 fully saturated rings. The molecule has 2 aromatic carbocycles. The lowest BCUT2D eigenvalue weighted by atomic mass is 10.2. The van der Waals surface area contributed by atoms with Gasteiger partial charge in [0.1, 0.15) is 17.4 Å². The van der Waals surface area contributed by atoms with E-state index in [1.165, 1.54) is 12.3 Å². The molecule has 6 heteroatoms. The first kappa shape index (κ1) is 17.4. The van der Waals surface area contributed by atoms with Crippen molar-refractivity contribution >= 4 is 17.4 Å². The Morgan fingerprint density at radius 1 is 1.08 bits per heavy atom. The van der Waals surface area contributed by atoms with Gasteiger partial charge in [-0.3, -0.25) is 4.79 Å². The second kappa shape index (κ2) is 8.11. The van der Waals surface area contributed by atoms with Gasteiger partial charge >= 0.3 is 0 Å². The van der Waals surface area contributed by atoms with Gasteiger partial charge in [-0.15, -0.1) is 0 Å². The van der Waals surface area contributed by atoms with Gasteiger partial charge in [0, 0.05) is 24.0 Å². The first-order chi connectivity index (χ1) is 12.7. The van der Waals surface area contributed by atoms with Crippen LogP contribution in [0.4, 0.5) is 15.9 Å². The number of hydrogen-bond acceptors (Lipinski definition) is 4. The predicted octanol–water partition coefficient (Wildman–Crippen LogP) is 3.90. The van der Waals surface area contributed by atoms with Crippen LogP contribution in [-0.4, -0.2) is 18.0 Å². The van der Waals surface area contributed by atoms with Crippen molar-refractivity contribution in [2.75, 3.05) is 12.4 Å². The van der Waals surface area contributed by atoms with Gasteiger partial charge in [0.05, 0.1) is 12.7 Å². The van der Waals surface area contributed by atoms with Crippen molar-refractivity contribution in [2.24, 2.45) is 0 Å². The van der Waals surface area contributed by atoms with Crippen LogP contribution in [-0.2, 0) is 6.54 Å². The van der Waals surface area contributed by atoms with E-state index in [0.717, 1.165) is 11.4 Å². The molecule has 2 N–H and O–H groups in total. The molecule has 0 aliphatic carbocycles. The summed E-state index contributed by atoms with van der Waals surface area (Å²) >= 11 is 0. The minimum absolute atomic E-state index is 0.122. The summed E-state index contributed by atoms with van der Waals surface area (Å²) in [6.45, 7) is 0.122. The van der Waals surface area contributed by atoms with Crippen LogP contribution in [0.3, 0.4) is 0 Å². The Labute approximate surface area is 150 Å². The van der Waals surface area contributed by atoms with E-state index in [0.29, 0.717) is 16.9 Å². The van der Waals surface area contributed by atoms with Crippen molar-refractivity contribution in [3.8, 4) is 5.75 Å². The van der Waals surface area contributed by atoms with E-state index in [1.54, 1.807) is 37.4 Å². The summed E-state index contributed by atoms with van der Waals surface area (Å²) in [6.07, 6.45) is 1.47. The highest BCUT2D eigenvalue weighted by molar-refractivity contribution is 5.94. The van der Waals surface area contributed by atoms with Gasteiger partial charge in [-0.25, -0.2) is 9.37 Å². The lowest BCUT2D eigenvalue weighted by Gasteiger charge is -2.08. The van der Waals surface area contributed by atoms with Crippen LogP contribution in [0.5, 0.6) is 5.75 Å². The molecule has 1 heterocycles. The molecule has 3 aromatic rings. The largest absolute Gasteiger partial charge is 0.497 e. The van der Waals surface area contributed by atoms with Crippen LogP contribution in [0.25, 0.3) is 0 Å². The number of benzene rings is 2. The molecule has 1 amide bonds. The number of nitrogens with zero attached hydrogens (tertiary/aromatic N) is 1. The van der Waals surface area contributed by atoms with Crippen LogP contribution in [0.1, 0.15) is 15.9 Å². The lowest BCUT2D eigenvalue weighted by Crippen LogP contribution is -2.23. The van der Waals surface area contributed by atoms with Crippen LogP contribution in [0.15, 0.2) is 66.9 Å². The first-order valence-electron chi connectivity index (χ1n) is 8.04. The van der Waals surface area contributed by atoms with E-state index in [1.807, 2.05) is 24.3 Å². The molecule has 0 saturated heterocycles. The average molecular weight is 351 g/mol. The maximum atomic E-state index is 13.6. The van der Waals surface area contributed by atoms with Crippen LogP contribution >= 0.6 is 0 Å². The van der Waals surface area contributed by atoms with Crippen molar-refractivity contribution in [2.45, 2.75) is 6.54 Å². The minimum atomic E-state index is -0.343. The van der Waals surface area contributed by atoms with E-state index in [9.17, 15) is 9.18 Å². The number of nitrogens with one attached hydrogen (secondary N) is 2. The number of hydrogen-bond donors (Lipinski definition) is 2. The van der Waals surface area contributed by atoms with E-state index in [4.69, 9.17) is 4.74 Å². The van der Waals surface area contributed by atoms with E-state index < -0.39 is 0 Å². The van der Waals surface area contributed by atoms with Crippen LogP contribution in [0, 0.1) is 5.82 Å². The molecule has 0 unspecified atom stereocenters. The maximum absolute atomic E-state index is 13.6. The molecule has 132 valence electrons. The number of amides is 1. The van der Waals surface area contributed by atoms with E-state index in [-0.39, 0.29) is 18.3 Å². The van der Waals surface area contributed by atoms with E-state index in [2.05, 4.69) is 15.6 Å². The van der Waals surface area contributed by atoms with Gasteiger partial charge in [-0.2, -0.15) is 0 Å². The van der Waals surface area contributed by atoms with Gasteiger partial charge < -0.3 is 15.4 Å². The molecule has 5 nitrogen and oxygen atoms in total. The Balaban J connectivity index is 1.59. The maximum Gasteiger partial charge on any atom is 0.253 e. The molecular weight excluding hydrogens is 333 g/mol. The van der Waals surface area contributed by atoms with Crippen molar-refractivity contribution < 1.29 is 13.9 Å². The number of ether oxygens (including phenoxy) is 1. The Bertz CT molecular complexity index is 880. The minimum Gasteiger partial charge on any atom is -0.497 e. The SMILES string of the molecule is COc1ccc(Nc2ccc(C(=O)NCc3ccccc3F)cn2)cc1. The molecule has 3 rings (SSSR count). The van der Waals surface area contributed by atoms with E-state index >= 15 is 0 Å². The summed E-state index contributed by atoms with van der Waals surface area (Å²) in [5.41, 5.74) is 1.70. The van der Waals surface area contributed by atoms with Crippen molar-refractivity contribution in [3.05, 3.63) is 83.8 Å². The first-order valence-corrected chi connectivity index (χ1v) is 8.04. The summed E-state index contributed by atoms with van der Waals surface area (Å²) < 4.78 is 18.7. The van der Waals surface area contributed by atoms with Crippen molar-refractivity contribution in [1.29, 1.82) is 0 Å². The standard InChI is InChI=1S/C20H18FN3O2/c1-26-17-9-7-16(8-10-17)24-19-11-6-15(13-22-19)20(25)23-12-14-4-2-3-5-18(14)21/h2-11,13H,12H2,1H3,(H,22,24)(H,23,25). The lowest BCUT2D eigenvalue weighted by molar-refractivity contribution is 0.0950. The number of methoxy groups -OCH3 is 1. The molecule has 0 spiro atoms. The molecule has 0 aliphatic heterocycles. The molecule has 0 aliphatic rings. The fourth-order valence-electron chi connectivity index (χ4n) is 2.34. The molecule has 26 heavy (non-hydrogen) atoms. The Hall–Kier alpha value is -3.41. The fourth-order valence-corrected chi connectivity index (χ4v) is 2.34. The average Bonchev–Trinajstić information content (AvgIpc) is 2.68. The number of aromatic nitrogens is 1. The third-order valence-electron chi connectivity index (χ3n) is 3.79. The van der Waals surface area contributed by atoms with Gasteiger partial charge in [0.2, 0.25) is 0 Å². The number of rotatable bonds is 6. The monoisotopic (exact) mass is 351 g/mol. The van der Waals surface area contributed by atoms with Crippen molar-refractivity contribution in [1.82, 2.24) is 10.3 Å². The van der Waals surface area contributed by atoms with Gasteiger partial charge in [0.15, 0.2) is 0 Å². The Kier molecular flexibility index (Phi) is 5.43. The predicted molar refractivity (Wildman–Crippen MR) is 98.1 cm³/mol. The zero-order valence-corrected chi connectivity index (χ0v) is 14.2. The second-order valence-corrected chi connectivity index (χ2v) is 5.56. The Morgan fingerprint density at radius 2 is 1.85 bits per heavy atom. The molecular formula is C20H18FN3O2. The molecule has 0 saturated carbocycles. The summed E-state index contributed by atoms with van der Waals surface area (Å²) in [7, 11) is 1.61. The van der Waals surface area contributed by atoms with Crippen molar-refractivity contribution in [3.63, 3.8) is 0 Å². The number of halogens is 1. The third-order valence-corrected chi connectivity index (χ3v) is 3.79. The summed E-state index contributed by atoms with van der Waals surface area (Å²) in [5.74, 6) is 0.730. The zero-order valence-electron chi connectivity index (χ0n) is 14.2. The summed E-state index contributed by atoms with van der Waals surface area (Å²) in [5, 5.41) is 5.82. The van der Waals surface area contributed by atoms with Gasteiger partial charge in [-0.1, -0.05) is 18.2 Å². The highest BCUT2D eigenvalue weighted by Gasteiger charge is 2.08. The number of carbonyl (C=O) groups is 1. The van der Waals surface area contributed by atoms with Gasteiger partial charge in [-0.05, 0) is 42.5 Å². The summed E-state index contributed by atoms with van der Waals surface area (Å²) in [6, 6.07) is 17.1. The quantitative estimate of drug-likeness (QED) is 0.707. The number of carbonyl (C=O) groups excluding carboxylic acids is 1. The Morgan fingerprint density at radius 3 is 2.50 bits per heavy atom. The normalized spacial score (nSPS) is 10.2. The van der Waals surface area contributed by atoms with Crippen LogP contribution in [0.2, 0.25) is 0 Å². The second-order valence-electron chi connectivity index (χ2n) is 5.56. The highest BCUT2D eigenvalue weighted by atomic mass is 19.1. The molecule has 1 aromatic heterocycles. The highest BCUT2D eigenvalue weighted by Crippen LogP contribution is 2.18. The number of anilines is 2. The van der Waals surface area contributed by atoms with Gasteiger partial charge in [0.25, 0.3) is 5.91 Å². The smallest absolute Gasteiger partial charge is 0.253 e. The molecule has 0 atom stereocenters. The number of pyridine rings is 1. The summed E-state index contributed by atoms with van der Waals surface area (Å²) in [4.78, 5) is 16.4. The fraction of sp³-hybridized carbons (Fsp3) is 0.100. The molecule has 0 radical (unpaired) electrons. The third kappa shape index (κ3) is 4.36. The zero-order chi connectivity index (χ0) is 18.4. The topological polar surface area (TPSA) is 63.2 Å². The van der Waals surface area contributed by atoms with Crippen LogP contribution < -0.4 is 15.4 Å².